The molecule has 0 radical (unpaired) electrons. The predicted octanol–water partition coefficient (Wildman–Crippen LogP) is 4.78. The van der Waals surface area contributed by atoms with Gasteiger partial charge in [-0.15, -0.1) is 0 Å². The minimum absolute atomic E-state index is 0.138. The van der Waals surface area contributed by atoms with Crippen molar-refractivity contribution in [3.8, 4) is 0 Å². The molecule has 0 aromatic heterocycles. The number of carbonyl (C=O) groups excluding carboxylic acids is 2. The summed E-state index contributed by atoms with van der Waals surface area (Å²) < 4.78 is 14.3. The van der Waals surface area contributed by atoms with Crippen LogP contribution in [0.15, 0.2) is 8.96 Å². The zero-order valence-electron chi connectivity index (χ0n) is 15.8. The van der Waals surface area contributed by atoms with Gasteiger partial charge in [-0.1, -0.05) is 89.6 Å². The van der Waals surface area contributed by atoms with Gasteiger partial charge in [-0.2, -0.15) is 0 Å². The summed E-state index contributed by atoms with van der Waals surface area (Å²) in [5, 5.41) is 0. The molecule has 0 saturated carbocycles. The van der Waals surface area contributed by atoms with E-state index in [0.717, 1.165) is 34.6 Å². The molecule has 5 atom stereocenters. The number of rotatable bonds is 0. The van der Waals surface area contributed by atoms with Crippen LogP contribution < -0.4 is 0 Å². The fraction of sp³-hybridized carbons (Fsp3) is 0.800. The molecule has 0 aromatic carbocycles. The standard InChI is InChI=1S/C20H27Br2NO3S/c1-23-17(24)13-14(18(23)25)20-12-10-8-6-4-2-3-5-7-9-11-19(13,27(20)26)15(21)16(20)22/h13-14H,2-12H2,1H3/t13-,14+,19-,20+,27?. The summed E-state index contributed by atoms with van der Waals surface area (Å²) in [6, 6.07) is 0. The van der Waals surface area contributed by atoms with E-state index in [4.69, 9.17) is 0 Å². The maximum atomic E-state index is 14.0. The van der Waals surface area contributed by atoms with Crippen molar-refractivity contribution in [3.05, 3.63) is 8.96 Å². The van der Waals surface area contributed by atoms with Crippen molar-refractivity contribution in [1.82, 2.24) is 4.90 Å². The largest absolute Gasteiger partial charge is 0.285 e. The van der Waals surface area contributed by atoms with E-state index in [0.29, 0.717) is 12.8 Å². The highest BCUT2D eigenvalue weighted by Crippen LogP contribution is 2.70. The molecule has 2 bridgehead atoms. The van der Waals surface area contributed by atoms with Crippen LogP contribution in [0.25, 0.3) is 0 Å². The van der Waals surface area contributed by atoms with Gasteiger partial charge in [0, 0.05) is 26.8 Å². The summed E-state index contributed by atoms with van der Waals surface area (Å²) in [4.78, 5) is 27.4. The van der Waals surface area contributed by atoms with E-state index in [1.807, 2.05) is 0 Å². The van der Waals surface area contributed by atoms with Gasteiger partial charge in [0.05, 0.1) is 21.3 Å². The second kappa shape index (κ2) is 7.35. The molecule has 0 aromatic rings. The van der Waals surface area contributed by atoms with E-state index < -0.39 is 32.1 Å². The Labute approximate surface area is 180 Å². The highest BCUT2D eigenvalue weighted by Gasteiger charge is 2.79. The van der Waals surface area contributed by atoms with Crippen LogP contribution in [0.5, 0.6) is 0 Å². The first kappa shape index (κ1) is 20.3. The summed E-state index contributed by atoms with van der Waals surface area (Å²) >= 11 is 7.49. The van der Waals surface area contributed by atoms with Crippen LogP contribution >= 0.6 is 31.9 Å². The number of fused-ring (bicyclic) bond motifs is 1. The van der Waals surface area contributed by atoms with E-state index in [2.05, 4.69) is 31.9 Å². The van der Waals surface area contributed by atoms with Crippen molar-refractivity contribution >= 4 is 54.5 Å². The lowest BCUT2D eigenvalue weighted by molar-refractivity contribution is -0.138. The number of nitrogens with zero attached hydrogens (tertiary/aromatic N) is 1. The molecule has 150 valence electrons. The van der Waals surface area contributed by atoms with Crippen LogP contribution in [-0.4, -0.2) is 37.5 Å². The summed E-state index contributed by atoms with van der Waals surface area (Å²) in [5.41, 5.74) is 0. The van der Waals surface area contributed by atoms with Crippen molar-refractivity contribution in [2.24, 2.45) is 11.8 Å². The molecule has 4 rings (SSSR count). The lowest BCUT2D eigenvalue weighted by Gasteiger charge is -2.33. The number of amides is 2. The van der Waals surface area contributed by atoms with Crippen LogP contribution in [0.3, 0.4) is 0 Å². The molecule has 0 aliphatic carbocycles. The summed E-state index contributed by atoms with van der Waals surface area (Å²) in [7, 11) is 0.319. The second-order valence-corrected chi connectivity index (χ2v) is 12.1. The van der Waals surface area contributed by atoms with Crippen LogP contribution in [0, 0.1) is 11.8 Å². The molecule has 4 nitrogen and oxygen atoms in total. The molecule has 4 aliphatic heterocycles. The lowest BCUT2D eigenvalue weighted by atomic mass is 9.69. The van der Waals surface area contributed by atoms with Gasteiger partial charge in [0.15, 0.2) is 0 Å². The molecular formula is C20H27Br2NO3S. The quantitative estimate of drug-likeness (QED) is 0.432. The summed E-state index contributed by atoms with van der Waals surface area (Å²) in [5.74, 6) is -1.23. The third-order valence-electron chi connectivity index (χ3n) is 7.23. The molecule has 4 aliphatic rings. The summed E-state index contributed by atoms with van der Waals surface area (Å²) in [6.07, 6.45) is 11.7. The number of hydrogen-bond donors (Lipinski definition) is 0. The molecule has 0 N–H and O–H groups in total. The molecule has 3 fully saturated rings. The predicted molar refractivity (Wildman–Crippen MR) is 114 cm³/mol. The highest BCUT2D eigenvalue weighted by atomic mass is 79.9. The van der Waals surface area contributed by atoms with Gasteiger partial charge in [0.1, 0.15) is 0 Å². The number of imide groups is 1. The average Bonchev–Trinajstić information content (AvgIpc) is 3.08. The third kappa shape index (κ3) is 2.59. The van der Waals surface area contributed by atoms with Crippen LogP contribution in [0.1, 0.15) is 70.6 Å². The van der Waals surface area contributed by atoms with Crippen molar-refractivity contribution in [2.75, 3.05) is 7.05 Å². The molecule has 27 heavy (non-hydrogen) atoms. The fourth-order valence-corrected chi connectivity index (χ4v) is 11.4. The molecule has 7 heteroatoms. The minimum Gasteiger partial charge on any atom is -0.285 e. The van der Waals surface area contributed by atoms with Crippen LogP contribution in [0.2, 0.25) is 0 Å². The van der Waals surface area contributed by atoms with Crippen LogP contribution in [-0.2, 0) is 20.4 Å². The van der Waals surface area contributed by atoms with E-state index in [1.165, 1.54) is 37.0 Å². The van der Waals surface area contributed by atoms with E-state index >= 15 is 0 Å². The third-order valence-corrected chi connectivity index (χ3v) is 13.1. The Morgan fingerprint density at radius 3 is 1.48 bits per heavy atom. The van der Waals surface area contributed by atoms with Gasteiger partial charge in [0.2, 0.25) is 11.8 Å². The fourth-order valence-electron chi connectivity index (χ4n) is 5.84. The van der Waals surface area contributed by atoms with Gasteiger partial charge in [0.25, 0.3) is 0 Å². The monoisotopic (exact) mass is 519 g/mol. The van der Waals surface area contributed by atoms with E-state index in [9.17, 15) is 13.8 Å². The Hall–Kier alpha value is -0.0100. The Bertz CT molecular complexity index is 683. The Kier molecular flexibility index (Phi) is 5.52. The first-order valence-corrected chi connectivity index (χ1v) is 12.9. The SMILES string of the molecule is CN1C(=O)[C@@H]2[C@H](C1=O)[C@]13CCCCCCCCCCC[C@]2(C(Br)=C1Br)S3=O. The minimum atomic E-state index is -1.27. The summed E-state index contributed by atoms with van der Waals surface area (Å²) in [6.45, 7) is 0. The first-order valence-electron chi connectivity index (χ1n) is 10.2. The lowest BCUT2D eigenvalue weighted by Crippen LogP contribution is -2.42. The maximum absolute atomic E-state index is 14.0. The molecule has 0 spiro atoms. The van der Waals surface area contributed by atoms with Crippen molar-refractivity contribution in [3.63, 3.8) is 0 Å². The molecule has 1 unspecified atom stereocenters. The van der Waals surface area contributed by atoms with E-state index in [1.54, 1.807) is 7.05 Å². The first-order chi connectivity index (χ1) is 12.9. The second-order valence-electron chi connectivity index (χ2n) is 8.55. The highest BCUT2D eigenvalue weighted by molar-refractivity contribution is 9.14. The van der Waals surface area contributed by atoms with Gasteiger partial charge >= 0.3 is 0 Å². The topological polar surface area (TPSA) is 54.5 Å². The Balaban J connectivity index is 1.81. The van der Waals surface area contributed by atoms with Crippen molar-refractivity contribution in [2.45, 2.75) is 80.1 Å². The normalized spacial score (nSPS) is 43.2. The molecule has 3 saturated heterocycles. The maximum Gasteiger partial charge on any atom is 0.234 e. The van der Waals surface area contributed by atoms with Gasteiger partial charge in [-0.25, -0.2) is 0 Å². The van der Waals surface area contributed by atoms with Gasteiger partial charge < -0.3 is 0 Å². The zero-order valence-corrected chi connectivity index (χ0v) is 19.8. The molecular weight excluding hydrogens is 494 g/mol. The van der Waals surface area contributed by atoms with Gasteiger partial charge in [-0.3, -0.25) is 18.7 Å². The molecule has 4 heterocycles. The Morgan fingerprint density at radius 2 is 1.11 bits per heavy atom. The van der Waals surface area contributed by atoms with Gasteiger partial charge in [-0.05, 0) is 12.8 Å². The van der Waals surface area contributed by atoms with Crippen molar-refractivity contribution in [1.29, 1.82) is 0 Å². The smallest absolute Gasteiger partial charge is 0.234 e. The van der Waals surface area contributed by atoms with E-state index in [-0.39, 0.29) is 11.8 Å². The Morgan fingerprint density at radius 1 is 0.778 bits per heavy atom. The number of halogens is 2. The molecule has 2 amide bonds. The number of likely N-dealkylation sites (tertiary alicyclic amines) is 1. The number of hydrogen-bond acceptors (Lipinski definition) is 3. The average molecular weight is 521 g/mol. The van der Waals surface area contributed by atoms with Crippen LogP contribution in [0.4, 0.5) is 0 Å². The number of carbonyl (C=O) groups is 2. The van der Waals surface area contributed by atoms with Crippen molar-refractivity contribution < 1.29 is 13.8 Å². The zero-order chi connectivity index (χ0) is 19.4.